The molecule has 0 bridgehead atoms. The molecule has 15 heavy (non-hydrogen) atoms. The van der Waals surface area contributed by atoms with Crippen molar-refractivity contribution in [2.45, 2.75) is 39.5 Å². The Hall–Kier alpha value is -0.980. The van der Waals surface area contributed by atoms with Gasteiger partial charge in [-0.25, -0.2) is 0 Å². The fraction of sp³-hybridized carbons (Fsp3) is 0.571. The minimum Gasteiger partial charge on any atom is -0.497 e. The third kappa shape index (κ3) is 3.58. The molecule has 1 atom stereocenters. The molecular formula is C14H22O. The summed E-state index contributed by atoms with van der Waals surface area (Å²) in [6, 6.07) is 8.49. The lowest BCUT2D eigenvalue weighted by Crippen LogP contribution is -2.01. The summed E-state index contributed by atoms with van der Waals surface area (Å²) in [6.45, 7) is 6.83. The van der Waals surface area contributed by atoms with Crippen LogP contribution in [-0.4, -0.2) is 7.11 Å². The van der Waals surface area contributed by atoms with E-state index in [0.29, 0.717) is 5.92 Å². The standard InChI is InChI=1S/C14H22O/c1-5-12(10-11(2)3)13-6-8-14(15-4)9-7-13/h6-9,11-12H,5,10H2,1-4H3. The summed E-state index contributed by atoms with van der Waals surface area (Å²) in [5, 5.41) is 0. The zero-order chi connectivity index (χ0) is 11.3. The van der Waals surface area contributed by atoms with Gasteiger partial charge in [-0.2, -0.15) is 0 Å². The largest absolute Gasteiger partial charge is 0.497 e. The highest BCUT2D eigenvalue weighted by molar-refractivity contribution is 5.29. The molecule has 0 saturated carbocycles. The van der Waals surface area contributed by atoms with E-state index in [4.69, 9.17) is 4.74 Å². The van der Waals surface area contributed by atoms with Crippen molar-refractivity contribution in [2.24, 2.45) is 5.92 Å². The fourth-order valence-electron chi connectivity index (χ4n) is 1.98. The predicted octanol–water partition coefficient (Wildman–Crippen LogP) is 4.23. The van der Waals surface area contributed by atoms with E-state index in [9.17, 15) is 0 Å². The van der Waals surface area contributed by atoms with Crippen molar-refractivity contribution in [1.29, 1.82) is 0 Å². The van der Waals surface area contributed by atoms with E-state index in [-0.39, 0.29) is 0 Å². The minimum absolute atomic E-state index is 0.691. The summed E-state index contributed by atoms with van der Waals surface area (Å²) in [5.74, 6) is 2.39. The highest BCUT2D eigenvalue weighted by atomic mass is 16.5. The van der Waals surface area contributed by atoms with Crippen molar-refractivity contribution in [3.8, 4) is 5.75 Å². The maximum Gasteiger partial charge on any atom is 0.118 e. The Bertz CT molecular complexity index is 274. The molecule has 0 aliphatic carbocycles. The van der Waals surface area contributed by atoms with Gasteiger partial charge in [0, 0.05) is 0 Å². The lowest BCUT2D eigenvalue weighted by Gasteiger charge is -2.17. The van der Waals surface area contributed by atoms with Gasteiger partial charge in [0.2, 0.25) is 0 Å². The van der Waals surface area contributed by atoms with Gasteiger partial charge in [-0.1, -0.05) is 32.9 Å². The fourth-order valence-corrected chi connectivity index (χ4v) is 1.98. The zero-order valence-corrected chi connectivity index (χ0v) is 10.3. The van der Waals surface area contributed by atoms with Crippen LogP contribution in [0.25, 0.3) is 0 Å². The quantitative estimate of drug-likeness (QED) is 0.700. The summed E-state index contributed by atoms with van der Waals surface area (Å²) < 4.78 is 5.16. The van der Waals surface area contributed by atoms with E-state index in [1.54, 1.807) is 7.11 Å². The van der Waals surface area contributed by atoms with E-state index in [2.05, 4.69) is 45.0 Å². The third-order valence-electron chi connectivity index (χ3n) is 2.84. The number of hydrogen-bond donors (Lipinski definition) is 0. The second-order valence-corrected chi connectivity index (χ2v) is 4.51. The van der Waals surface area contributed by atoms with Gasteiger partial charge in [0.25, 0.3) is 0 Å². The van der Waals surface area contributed by atoms with E-state index in [1.165, 1.54) is 18.4 Å². The molecule has 0 aromatic heterocycles. The molecule has 0 N–H and O–H groups in total. The molecule has 1 unspecified atom stereocenters. The summed E-state index contributed by atoms with van der Waals surface area (Å²) in [7, 11) is 1.71. The summed E-state index contributed by atoms with van der Waals surface area (Å²) >= 11 is 0. The van der Waals surface area contributed by atoms with Gasteiger partial charge in [0.1, 0.15) is 5.75 Å². The second-order valence-electron chi connectivity index (χ2n) is 4.51. The maximum absolute atomic E-state index is 5.16. The highest BCUT2D eigenvalue weighted by Crippen LogP contribution is 2.28. The van der Waals surface area contributed by atoms with Crippen LogP contribution in [0.15, 0.2) is 24.3 Å². The number of methoxy groups -OCH3 is 1. The van der Waals surface area contributed by atoms with Crippen LogP contribution < -0.4 is 4.74 Å². The van der Waals surface area contributed by atoms with Crippen molar-refractivity contribution in [1.82, 2.24) is 0 Å². The van der Waals surface area contributed by atoms with Gasteiger partial charge in [0.05, 0.1) is 7.11 Å². The first-order valence-electron chi connectivity index (χ1n) is 5.81. The molecule has 0 spiro atoms. The van der Waals surface area contributed by atoms with Crippen LogP contribution in [0.3, 0.4) is 0 Å². The average molecular weight is 206 g/mol. The average Bonchev–Trinajstić information content (AvgIpc) is 2.26. The molecule has 0 heterocycles. The molecule has 1 aromatic carbocycles. The summed E-state index contributed by atoms with van der Waals surface area (Å²) in [5.41, 5.74) is 1.44. The molecule has 1 heteroatoms. The van der Waals surface area contributed by atoms with Crippen molar-refractivity contribution in [2.75, 3.05) is 7.11 Å². The first-order valence-corrected chi connectivity index (χ1v) is 5.81. The van der Waals surface area contributed by atoms with Crippen molar-refractivity contribution < 1.29 is 4.74 Å². The van der Waals surface area contributed by atoms with Crippen LogP contribution in [0, 0.1) is 5.92 Å². The molecule has 0 saturated heterocycles. The van der Waals surface area contributed by atoms with E-state index in [1.807, 2.05) is 0 Å². The number of ether oxygens (including phenoxy) is 1. The van der Waals surface area contributed by atoms with Crippen LogP contribution >= 0.6 is 0 Å². The van der Waals surface area contributed by atoms with Crippen molar-refractivity contribution >= 4 is 0 Å². The third-order valence-corrected chi connectivity index (χ3v) is 2.84. The van der Waals surface area contributed by atoms with Crippen molar-refractivity contribution in [3.63, 3.8) is 0 Å². The maximum atomic E-state index is 5.16. The van der Waals surface area contributed by atoms with E-state index < -0.39 is 0 Å². The van der Waals surface area contributed by atoms with E-state index in [0.717, 1.165) is 11.7 Å². The molecule has 1 aromatic rings. The molecule has 1 nitrogen and oxygen atoms in total. The normalized spacial score (nSPS) is 12.9. The molecular weight excluding hydrogens is 184 g/mol. The lowest BCUT2D eigenvalue weighted by molar-refractivity contribution is 0.414. The Morgan fingerprint density at radius 1 is 1.13 bits per heavy atom. The Kier molecular flexibility index (Phi) is 4.67. The number of hydrogen-bond acceptors (Lipinski definition) is 1. The highest BCUT2D eigenvalue weighted by Gasteiger charge is 2.10. The molecule has 0 aliphatic rings. The molecule has 1 rings (SSSR count). The minimum atomic E-state index is 0.691. The van der Waals surface area contributed by atoms with Gasteiger partial charge in [-0.3, -0.25) is 0 Å². The Morgan fingerprint density at radius 3 is 2.13 bits per heavy atom. The Balaban J connectivity index is 2.74. The first-order chi connectivity index (χ1) is 7.17. The van der Waals surface area contributed by atoms with Crippen LogP contribution in [0.5, 0.6) is 5.75 Å². The second kappa shape index (κ2) is 5.79. The number of rotatable bonds is 5. The van der Waals surface area contributed by atoms with Gasteiger partial charge in [-0.15, -0.1) is 0 Å². The molecule has 84 valence electrons. The topological polar surface area (TPSA) is 9.23 Å². The lowest BCUT2D eigenvalue weighted by atomic mass is 9.88. The molecule has 0 amide bonds. The molecule has 0 aliphatic heterocycles. The van der Waals surface area contributed by atoms with Gasteiger partial charge < -0.3 is 4.74 Å². The van der Waals surface area contributed by atoms with Crippen molar-refractivity contribution in [3.05, 3.63) is 29.8 Å². The van der Waals surface area contributed by atoms with Crippen LogP contribution in [0.1, 0.15) is 45.1 Å². The smallest absolute Gasteiger partial charge is 0.118 e. The molecule has 0 radical (unpaired) electrons. The van der Waals surface area contributed by atoms with E-state index >= 15 is 0 Å². The Morgan fingerprint density at radius 2 is 1.73 bits per heavy atom. The van der Waals surface area contributed by atoms with Gasteiger partial charge >= 0.3 is 0 Å². The summed E-state index contributed by atoms with van der Waals surface area (Å²) in [4.78, 5) is 0. The monoisotopic (exact) mass is 206 g/mol. The first kappa shape index (κ1) is 12.1. The number of benzene rings is 1. The van der Waals surface area contributed by atoms with Crippen LogP contribution in [0.4, 0.5) is 0 Å². The molecule has 0 fully saturated rings. The van der Waals surface area contributed by atoms with Crippen LogP contribution in [-0.2, 0) is 0 Å². The zero-order valence-electron chi connectivity index (χ0n) is 10.3. The SMILES string of the molecule is CCC(CC(C)C)c1ccc(OC)cc1. The van der Waals surface area contributed by atoms with Gasteiger partial charge in [0.15, 0.2) is 0 Å². The van der Waals surface area contributed by atoms with Gasteiger partial charge in [-0.05, 0) is 42.4 Å². The van der Waals surface area contributed by atoms with Crippen LogP contribution in [0.2, 0.25) is 0 Å². The Labute approximate surface area is 93.5 Å². The predicted molar refractivity (Wildman–Crippen MR) is 65.5 cm³/mol. The summed E-state index contributed by atoms with van der Waals surface area (Å²) in [6.07, 6.45) is 2.48.